The highest BCUT2D eigenvalue weighted by Gasteiger charge is 2.30. The van der Waals surface area contributed by atoms with E-state index in [9.17, 15) is 9.59 Å². The predicted octanol–water partition coefficient (Wildman–Crippen LogP) is 2.94. The van der Waals surface area contributed by atoms with Crippen LogP contribution in [0.2, 0.25) is 0 Å². The molecule has 150 valence electrons. The first-order valence-electron chi connectivity index (χ1n) is 9.34. The number of nitrogens with one attached hydrogen (secondary N) is 1. The van der Waals surface area contributed by atoms with E-state index in [2.05, 4.69) is 5.32 Å². The van der Waals surface area contributed by atoms with E-state index in [1.54, 1.807) is 26.0 Å². The zero-order chi connectivity index (χ0) is 20.4. The molecule has 0 aliphatic rings. The minimum absolute atomic E-state index is 0.0911. The predicted molar refractivity (Wildman–Crippen MR) is 108 cm³/mol. The molecule has 0 heterocycles. The second kappa shape index (κ2) is 11.1. The van der Waals surface area contributed by atoms with E-state index in [0.717, 1.165) is 16.9 Å². The molecule has 0 bridgehead atoms. The molecule has 0 radical (unpaired) electrons. The van der Waals surface area contributed by atoms with Crippen LogP contribution in [0.25, 0.3) is 0 Å². The van der Waals surface area contributed by atoms with Crippen LogP contribution in [0.4, 0.5) is 0 Å². The molecule has 0 saturated carbocycles. The lowest BCUT2D eigenvalue weighted by Crippen LogP contribution is -2.44. The van der Waals surface area contributed by atoms with Gasteiger partial charge in [0.05, 0.1) is 13.7 Å². The van der Waals surface area contributed by atoms with Crippen LogP contribution >= 0.6 is 0 Å². The normalized spacial score (nSPS) is 11.5. The van der Waals surface area contributed by atoms with Crippen LogP contribution in [-0.2, 0) is 20.9 Å². The number of ether oxygens (including phenoxy) is 2. The molecule has 2 amide bonds. The summed E-state index contributed by atoms with van der Waals surface area (Å²) in [6, 6.07) is 16.1. The number of hydrogen-bond donors (Lipinski definition) is 1. The average Bonchev–Trinajstić information content (AvgIpc) is 2.74. The van der Waals surface area contributed by atoms with Gasteiger partial charge in [0.25, 0.3) is 0 Å². The third-order valence-electron chi connectivity index (χ3n) is 4.42. The molecule has 28 heavy (non-hydrogen) atoms. The summed E-state index contributed by atoms with van der Waals surface area (Å²) in [6.45, 7) is 2.92. The number of rotatable bonds is 10. The molecule has 0 fully saturated rings. The monoisotopic (exact) mass is 384 g/mol. The van der Waals surface area contributed by atoms with Gasteiger partial charge < -0.3 is 19.7 Å². The van der Waals surface area contributed by atoms with Crippen molar-refractivity contribution in [3.63, 3.8) is 0 Å². The third-order valence-corrected chi connectivity index (χ3v) is 4.42. The number of carbonyl (C=O) groups excluding carboxylic acids is 2. The summed E-state index contributed by atoms with van der Waals surface area (Å²) in [5, 5.41) is 2.87. The van der Waals surface area contributed by atoms with Crippen molar-refractivity contribution in [2.24, 2.45) is 0 Å². The summed E-state index contributed by atoms with van der Waals surface area (Å²) in [6.07, 6.45) is 0.310. The molecule has 0 aromatic heterocycles. The Kier molecular flexibility index (Phi) is 8.49. The summed E-state index contributed by atoms with van der Waals surface area (Å²) >= 11 is 0. The standard InChI is InChI=1S/C22H28N2O4/c1-4-20(25)24(16-17-10-12-19(28-3)13-11-17)21(18-8-6-5-7-9-18)22(26)23-14-15-27-2/h5-13,21H,4,14-16H2,1-3H3,(H,23,26). The topological polar surface area (TPSA) is 67.9 Å². The van der Waals surface area contributed by atoms with E-state index in [0.29, 0.717) is 26.1 Å². The van der Waals surface area contributed by atoms with Gasteiger partial charge in [0.1, 0.15) is 11.8 Å². The van der Waals surface area contributed by atoms with E-state index in [1.807, 2.05) is 54.6 Å². The second-order valence-electron chi connectivity index (χ2n) is 6.32. The maximum atomic E-state index is 13.0. The molecule has 2 rings (SSSR count). The number of benzene rings is 2. The minimum atomic E-state index is -0.715. The van der Waals surface area contributed by atoms with Crippen molar-refractivity contribution in [1.29, 1.82) is 0 Å². The van der Waals surface area contributed by atoms with Gasteiger partial charge in [-0.1, -0.05) is 49.4 Å². The Morgan fingerprint density at radius 1 is 1.04 bits per heavy atom. The largest absolute Gasteiger partial charge is 0.497 e. The molecule has 0 spiro atoms. The Morgan fingerprint density at radius 2 is 1.71 bits per heavy atom. The van der Waals surface area contributed by atoms with Gasteiger partial charge in [0, 0.05) is 26.6 Å². The summed E-state index contributed by atoms with van der Waals surface area (Å²) < 4.78 is 10.2. The van der Waals surface area contributed by atoms with Gasteiger partial charge in [-0.25, -0.2) is 0 Å². The highest BCUT2D eigenvalue weighted by atomic mass is 16.5. The van der Waals surface area contributed by atoms with Crippen LogP contribution in [0.5, 0.6) is 5.75 Å². The summed E-state index contributed by atoms with van der Waals surface area (Å²) in [5.74, 6) is 0.430. The zero-order valence-electron chi connectivity index (χ0n) is 16.7. The van der Waals surface area contributed by atoms with Gasteiger partial charge >= 0.3 is 0 Å². The molecular formula is C22H28N2O4. The number of nitrogens with zero attached hydrogens (tertiary/aromatic N) is 1. The van der Waals surface area contributed by atoms with Crippen molar-refractivity contribution in [1.82, 2.24) is 10.2 Å². The van der Waals surface area contributed by atoms with Crippen LogP contribution in [0.15, 0.2) is 54.6 Å². The molecule has 1 N–H and O–H groups in total. The number of methoxy groups -OCH3 is 2. The minimum Gasteiger partial charge on any atom is -0.497 e. The van der Waals surface area contributed by atoms with Gasteiger partial charge in [0.2, 0.25) is 11.8 Å². The molecular weight excluding hydrogens is 356 g/mol. The lowest BCUT2D eigenvalue weighted by atomic mass is 10.0. The van der Waals surface area contributed by atoms with Crippen LogP contribution < -0.4 is 10.1 Å². The van der Waals surface area contributed by atoms with E-state index in [4.69, 9.17) is 9.47 Å². The maximum Gasteiger partial charge on any atom is 0.247 e. The fourth-order valence-corrected chi connectivity index (χ4v) is 2.94. The molecule has 1 atom stereocenters. The molecule has 0 saturated heterocycles. The molecule has 2 aromatic rings. The highest BCUT2D eigenvalue weighted by molar-refractivity contribution is 5.88. The molecule has 6 nitrogen and oxygen atoms in total. The maximum absolute atomic E-state index is 13.0. The Labute approximate surface area is 166 Å². The van der Waals surface area contributed by atoms with Crippen LogP contribution in [0.1, 0.15) is 30.5 Å². The Morgan fingerprint density at radius 3 is 2.29 bits per heavy atom. The molecule has 0 aliphatic heterocycles. The third kappa shape index (κ3) is 5.82. The fraction of sp³-hybridized carbons (Fsp3) is 0.364. The molecule has 2 aromatic carbocycles. The lowest BCUT2D eigenvalue weighted by Gasteiger charge is -2.31. The van der Waals surface area contributed by atoms with Crippen molar-refractivity contribution in [2.45, 2.75) is 25.9 Å². The SMILES string of the molecule is CCC(=O)N(Cc1ccc(OC)cc1)C(C(=O)NCCOC)c1ccccc1. The average molecular weight is 384 g/mol. The number of carbonyl (C=O) groups is 2. The van der Waals surface area contributed by atoms with Crippen LogP contribution in [0, 0.1) is 0 Å². The van der Waals surface area contributed by atoms with Gasteiger partial charge in [-0.2, -0.15) is 0 Å². The zero-order valence-corrected chi connectivity index (χ0v) is 16.7. The molecule has 1 unspecified atom stereocenters. The van der Waals surface area contributed by atoms with Crippen molar-refractivity contribution >= 4 is 11.8 Å². The second-order valence-corrected chi connectivity index (χ2v) is 6.32. The first-order chi connectivity index (χ1) is 13.6. The van der Waals surface area contributed by atoms with Gasteiger partial charge in [-0.15, -0.1) is 0 Å². The van der Waals surface area contributed by atoms with Crippen LogP contribution in [0.3, 0.4) is 0 Å². The van der Waals surface area contributed by atoms with Crippen molar-refractivity contribution in [3.8, 4) is 5.75 Å². The van der Waals surface area contributed by atoms with Crippen molar-refractivity contribution in [2.75, 3.05) is 27.4 Å². The Balaban J connectivity index is 2.34. The molecule has 6 heteroatoms. The summed E-state index contributed by atoms with van der Waals surface area (Å²) in [7, 11) is 3.19. The Bertz CT molecular complexity index is 747. The van der Waals surface area contributed by atoms with E-state index in [1.165, 1.54) is 0 Å². The van der Waals surface area contributed by atoms with Crippen molar-refractivity contribution < 1.29 is 19.1 Å². The summed E-state index contributed by atoms with van der Waals surface area (Å²) in [4.78, 5) is 27.4. The number of amides is 2. The Hall–Kier alpha value is -2.86. The van der Waals surface area contributed by atoms with Gasteiger partial charge in [0.15, 0.2) is 0 Å². The van der Waals surface area contributed by atoms with Crippen molar-refractivity contribution in [3.05, 3.63) is 65.7 Å². The van der Waals surface area contributed by atoms with E-state index in [-0.39, 0.29) is 11.8 Å². The van der Waals surface area contributed by atoms with E-state index >= 15 is 0 Å². The van der Waals surface area contributed by atoms with Crippen LogP contribution in [-0.4, -0.2) is 44.1 Å². The van der Waals surface area contributed by atoms with Gasteiger partial charge in [-0.3, -0.25) is 9.59 Å². The van der Waals surface area contributed by atoms with Gasteiger partial charge in [-0.05, 0) is 23.3 Å². The summed E-state index contributed by atoms with van der Waals surface area (Å²) in [5.41, 5.74) is 1.70. The smallest absolute Gasteiger partial charge is 0.247 e. The lowest BCUT2D eigenvalue weighted by molar-refractivity contribution is -0.141. The molecule has 0 aliphatic carbocycles. The quantitative estimate of drug-likeness (QED) is 0.640. The van der Waals surface area contributed by atoms with E-state index < -0.39 is 6.04 Å². The first kappa shape index (κ1) is 21.4. The number of hydrogen-bond acceptors (Lipinski definition) is 4. The first-order valence-corrected chi connectivity index (χ1v) is 9.34. The highest BCUT2D eigenvalue weighted by Crippen LogP contribution is 2.25. The fourth-order valence-electron chi connectivity index (χ4n) is 2.94.